The van der Waals surface area contributed by atoms with Gasteiger partial charge in [0.05, 0.1) is 13.2 Å². The van der Waals surface area contributed by atoms with Crippen molar-refractivity contribution >= 4 is 23.4 Å². The predicted octanol–water partition coefficient (Wildman–Crippen LogP) is -0.173. The Morgan fingerprint density at radius 2 is 1.60 bits per heavy atom. The van der Waals surface area contributed by atoms with Crippen molar-refractivity contribution in [3.05, 3.63) is 65.2 Å². The van der Waals surface area contributed by atoms with Crippen LogP contribution in [0.25, 0.3) is 0 Å². The molecule has 1 atom stereocenters. The van der Waals surface area contributed by atoms with E-state index in [1.807, 2.05) is 0 Å². The molecule has 0 aliphatic carbocycles. The fourth-order valence-electron chi connectivity index (χ4n) is 2.68. The molecule has 0 unspecified atom stereocenters. The summed E-state index contributed by atoms with van der Waals surface area (Å²) in [5.74, 6) is 9.85. The first-order valence-corrected chi connectivity index (χ1v) is 10.6. The van der Waals surface area contributed by atoms with Crippen LogP contribution in [-0.2, 0) is 14.3 Å². The highest BCUT2D eigenvalue weighted by Crippen LogP contribution is 2.08. The second-order valence-electron chi connectivity index (χ2n) is 7.11. The number of nitrogens with two attached hydrogens (primary N) is 1. The monoisotopic (exact) mass is 477 g/mol. The second kappa shape index (κ2) is 14.9. The van der Waals surface area contributed by atoms with Gasteiger partial charge in [0.15, 0.2) is 0 Å². The Balaban J connectivity index is 1.88. The number of hydroxylamine groups is 1. The molecule has 0 saturated heterocycles. The lowest BCUT2D eigenvalue weighted by molar-refractivity contribution is -0.130. The first-order chi connectivity index (χ1) is 17.0. The van der Waals surface area contributed by atoms with Gasteiger partial charge in [-0.1, -0.05) is 11.8 Å². The zero-order chi connectivity index (χ0) is 25.5. The standard InChI is InChI=1S/C25H27N5O5/c1-35-15-14-27-17-23(31)28-21-12-8-19(9-13-21)5-3-2-4-18-6-10-20(11-7-18)24(32)29-22(16-26)25(33)30-34/h6-13,22,27,34H,14-17,26H2,1H3,(H,28,31)(H,29,32)(H,30,33)/t22-/m0/s1. The van der Waals surface area contributed by atoms with Gasteiger partial charge in [0.2, 0.25) is 5.91 Å². The third kappa shape index (κ3) is 9.68. The Bertz CT molecular complexity index is 1130. The van der Waals surface area contributed by atoms with Crippen LogP contribution in [0.15, 0.2) is 48.5 Å². The molecule has 0 fully saturated rings. The Morgan fingerprint density at radius 1 is 1.00 bits per heavy atom. The van der Waals surface area contributed by atoms with Crippen molar-refractivity contribution in [3.8, 4) is 23.7 Å². The van der Waals surface area contributed by atoms with Crippen LogP contribution in [0, 0.1) is 23.7 Å². The molecule has 3 amide bonds. The van der Waals surface area contributed by atoms with Gasteiger partial charge in [-0.15, -0.1) is 0 Å². The Hall–Kier alpha value is -4.19. The molecule has 0 heterocycles. The second-order valence-corrected chi connectivity index (χ2v) is 7.11. The molecule has 0 spiro atoms. The number of rotatable bonds is 10. The van der Waals surface area contributed by atoms with E-state index in [0.29, 0.717) is 30.0 Å². The lowest BCUT2D eigenvalue weighted by atomic mass is 10.1. The molecular formula is C25H27N5O5. The molecule has 0 aliphatic heterocycles. The highest BCUT2D eigenvalue weighted by atomic mass is 16.5. The van der Waals surface area contributed by atoms with E-state index in [-0.39, 0.29) is 19.0 Å². The molecule has 0 radical (unpaired) electrons. The maximum Gasteiger partial charge on any atom is 0.267 e. The fourth-order valence-corrected chi connectivity index (χ4v) is 2.68. The largest absolute Gasteiger partial charge is 0.383 e. The first-order valence-electron chi connectivity index (χ1n) is 10.6. The summed E-state index contributed by atoms with van der Waals surface area (Å²) in [6.45, 7) is 1.17. The summed E-state index contributed by atoms with van der Waals surface area (Å²) in [5.41, 5.74) is 9.24. The molecule has 2 aromatic rings. The van der Waals surface area contributed by atoms with Crippen LogP contribution in [-0.4, -0.2) is 62.3 Å². The van der Waals surface area contributed by atoms with Gasteiger partial charge in [0, 0.05) is 42.6 Å². The molecule has 10 heteroatoms. The van der Waals surface area contributed by atoms with Crippen LogP contribution in [0.1, 0.15) is 21.5 Å². The van der Waals surface area contributed by atoms with Crippen molar-refractivity contribution in [1.82, 2.24) is 16.1 Å². The number of hydrogen-bond acceptors (Lipinski definition) is 7. The van der Waals surface area contributed by atoms with E-state index in [2.05, 4.69) is 39.6 Å². The zero-order valence-electron chi connectivity index (χ0n) is 19.2. The van der Waals surface area contributed by atoms with Crippen LogP contribution < -0.4 is 27.2 Å². The van der Waals surface area contributed by atoms with Crippen LogP contribution in [0.4, 0.5) is 5.69 Å². The minimum Gasteiger partial charge on any atom is -0.383 e. The highest BCUT2D eigenvalue weighted by molar-refractivity contribution is 5.97. The van der Waals surface area contributed by atoms with Crippen LogP contribution in [0.5, 0.6) is 0 Å². The van der Waals surface area contributed by atoms with E-state index in [1.54, 1.807) is 55.6 Å². The maximum absolute atomic E-state index is 12.2. The van der Waals surface area contributed by atoms with Crippen molar-refractivity contribution in [2.75, 3.05) is 38.7 Å². The van der Waals surface area contributed by atoms with E-state index in [1.165, 1.54) is 5.48 Å². The quantitative estimate of drug-likeness (QED) is 0.120. The van der Waals surface area contributed by atoms with Gasteiger partial charge in [-0.2, -0.15) is 0 Å². The zero-order valence-corrected chi connectivity index (χ0v) is 19.2. The van der Waals surface area contributed by atoms with E-state index < -0.39 is 17.9 Å². The molecule has 7 N–H and O–H groups in total. The normalized spacial score (nSPS) is 10.6. The summed E-state index contributed by atoms with van der Waals surface area (Å²) in [6, 6.07) is 12.4. The smallest absolute Gasteiger partial charge is 0.267 e. The lowest BCUT2D eigenvalue weighted by Gasteiger charge is -2.14. The van der Waals surface area contributed by atoms with Gasteiger partial charge in [-0.25, -0.2) is 5.48 Å². The number of anilines is 1. The third-order valence-corrected chi connectivity index (χ3v) is 4.53. The molecule has 0 saturated carbocycles. The molecule has 0 bridgehead atoms. The van der Waals surface area contributed by atoms with Crippen molar-refractivity contribution < 1.29 is 24.3 Å². The van der Waals surface area contributed by atoms with Crippen molar-refractivity contribution in [2.24, 2.45) is 5.73 Å². The summed E-state index contributed by atoms with van der Waals surface area (Å²) < 4.78 is 4.91. The third-order valence-electron chi connectivity index (χ3n) is 4.53. The van der Waals surface area contributed by atoms with Crippen LogP contribution in [0.2, 0.25) is 0 Å². The number of carbonyl (C=O) groups excluding carboxylic acids is 3. The number of benzene rings is 2. The molecule has 2 rings (SSSR count). The molecule has 2 aromatic carbocycles. The van der Waals surface area contributed by atoms with Crippen molar-refractivity contribution in [1.29, 1.82) is 0 Å². The van der Waals surface area contributed by atoms with E-state index in [0.717, 1.165) is 5.56 Å². The van der Waals surface area contributed by atoms with Crippen LogP contribution in [0.3, 0.4) is 0 Å². The number of hydrogen-bond donors (Lipinski definition) is 6. The fraction of sp³-hybridized carbons (Fsp3) is 0.240. The number of carbonyl (C=O) groups is 3. The Labute approximate surface area is 203 Å². The molecule has 182 valence electrons. The summed E-state index contributed by atoms with van der Waals surface area (Å²) in [6.07, 6.45) is 0. The van der Waals surface area contributed by atoms with Crippen molar-refractivity contribution in [2.45, 2.75) is 6.04 Å². The maximum atomic E-state index is 12.2. The van der Waals surface area contributed by atoms with Gasteiger partial charge in [-0.05, 0) is 60.4 Å². The van der Waals surface area contributed by atoms with Crippen molar-refractivity contribution in [3.63, 3.8) is 0 Å². The number of amides is 3. The van der Waals surface area contributed by atoms with E-state index in [9.17, 15) is 14.4 Å². The summed E-state index contributed by atoms with van der Waals surface area (Å²) >= 11 is 0. The highest BCUT2D eigenvalue weighted by Gasteiger charge is 2.19. The minimum absolute atomic E-state index is 0.149. The van der Waals surface area contributed by atoms with Gasteiger partial charge in [-0.3, -0.25) is 19.6 Å². The number of methoxy groups -OCH3 is 1. The Morgan fingerprint density at radius 3 is 2.14 bits per heavy atom. The predicted molar refractivity (Wildman–Crippen MR) is 130 cm³/mol. The van der Waals surface area contributed by atoms with Gasteiger partial charge >= 0.3 is 0 Å². The SMILES string of the molecule is COCCNCC(=O)Nc1ccc(C#CC#Cc2ccc(C(=O)N[C@@H](CN)C(=O)NO)cc2)cc1. The van der Waals surface area contributed by atoms with E-state index in [4.69, 9.17) is 15.7 Å². The molecule has 0 aliphatic rings. The van der Waals surface area contributed by atoms with Gasteiger partial charge in [0.1, 0.15) is 6.04 Å². The molecule has 0 aromatic heterocycles. The molecular weight excluding hydrogens is 450 g/mol. The first kappa shape index (κ1) is 27.1. The minimum atomic E-state index is -1.05. The van der Waals surface area contributed by atoms with E-state index >= 15 is 0 Å². The number of nitrogens with one attached hydrogen (secondary N) is 4. The topological polar surface area (TPSA) is 155 Å². The average Bonchev–Trinajstić information content (AvgIpc) is 2.88. The Kier molecular flexibility index (Phi) is 11.5. The summed E-state index contributed by atoms with van der Waals surface area (Å²) in [4.78, 5) is 35.5. The summed E-state index contributed by atoms with van der Waals surface area (Å²) in [5, 5.41) is 16.8. The van der Waals surface area contributed by atoms with Gasteiger partial charge < -0.3 is 26.4 Å². The molecule has 10 nitrogen and oxygen atoms in total. The summed E-state index contributed by atoms with van der Waals surface area (Å²) in [7, 11) is 1.60. The van der Waals surface area contributed by atoms with Gasteiger partial charge in [0.25, 0.3) is 11.8 Å². The average molecular weight is 478 g/mol. The molecule has 35 heavy (non-hydrogen) atoms. The van der Waals surface area contributed by atoms with Crippen LogP contribution >= 0.6 is 0 Å². The number of ether oxygens (including phenoxy) is 1. The lowest BCUT2D eigenvalue weighted by Crippen LogP contribution is -2.50.